The summed E-state index contributed by atoms with van der Waals surface area (Å²) in [4.78, 5) is 26.6. The quantitative estimate of drug-likeness (QED) is 0.503. The zero-order valence-corrected chi connectivity index (χ0v) is 17.4. The summed E-state index contributed by atoms with van der Waals surface area (Å²) in [6, 6.07) is 19.9. The molecule has 5 heteroatoms. The van der Waals surface area contributed by atoms with Gasteiger partial charge in [0.15, 0.2) is 0 Å². The Balaban J connectivity index is 2.13. The predicted octanol–water partition coefficient (Wildman–Crippen LogP) is 4.18. The van der Waals surface area contributed by atoms with E-state index in [1.165, 1.54) is 5.56 Å². The van der Waals surface area contributed by atoms with E-state index < -0.39 is 0 Å². The van der Waals surface area contributed by atoms with Crippen molar-refractivity contribution in [3.63, 3.8) is 0 Å². The van der Waals surface area contributed by atoms with Crippen LogP contribution in [0.2, 0.25) is 0 Å². The van der Waals surface area contributed by atoms with Gasteiger partial charge in [-0.1, -0.05) is 60.7 Å². The summed E-state index contributed by atoms with van der Waals surface area (Å²) in [5.74, 6) is -0.776. The monoisotopic (exact) mass is 397 g/mol. The molecule has 2 aromatic rings. The molecule has 29 heavy (non-hydrogen) atoms. The number of carbonyl (C=O) groups excluding carboxylic acids is 2. The molecular weight excluding hydrogens is 366 g/mol. The van der Waals surface area contributed by atoms with Crippen LogP contribution >= 0.6 is 0 Å². The topological polar surface area (TPSA) is 55.8 Å². The minimum Gasteiger partial charge on any atom is -0.466 e. The van der Waals surface area contributed by atoms with Crippen molar-refractivity contribution in [2.45, 2.75) is 39.2 Å². The van der Waals surface area contributed by atoms with E-state index in [0.29, 0.717) is 45.7 Å². The van der Waals surface area contributed by atoms with Gasteiger partial charge in [0.05, 0.1) is 19.1 Å². The molecule has 0 saturated carbocycles. The van der Waals surface area contributed by atoms with Crippen LogP contribution in [-0.2, 0) is 25.6 Å². The minimum atomic E-state index is -0.373. The summed E-state index contributed by atoms with van der Waals surface area (Å²) < 4.78 is 10.4. The number of benzene rings is 2. The molecule has 1 atom stereocenters. The Morgan fingerprint density at radius 3 is 2.14 bits per heavy atom. The van der Waals surface area contributed by atoms with Crippen LogP contribution in [0.4, 0.5) is 0 Å². The summed E-state index contributed by atoms with van der Waals surface area (Å²) in [6.45, 7) is 6.29. The molecule has 0 spiro atoms. The average Bonchev–Trinajstić information content (AvgIpc) is 2.73. The molecule has 0 heterocycles. The highest BCUT2D eigenvalue weighted by molar-refractivity contribution is 5.78. The molecule has 0 aliphatic rings. The average molecular weight is 398 g/mol. The first-order valence-corrected chi connectivity index (χ1v) is 10.3. The van der Waals surface area contributed by atoms with E-state index in [9.17, 15) is 9.59 Å². The summed E-state index contributed by atoms with van der Waals surface area (Å²) in [5, 5.41) is 0. The molecule has 0 amide bonds. The van der Waals surface area contributed by atoms with Gasteiger partial charge >= 0.3 is 11.9 Å². The molecular formula is C24H31NO4. The normalized spacial score (nSPS) is 11.8. The van der Waals surface area contributed by atoms with Gasteiger partial charge in [0.25, 0.3) is 0 Å². The predicted molar refractivity (Wildman–Crippen MR) is 113 cm³/mol. The van der Waals surface area contributed by atoms with Gasteiger partial charge in [-0.05, 0) is 37.9 Å². The Bertz CT molecular complexity index is 733. The first kappa shape index (κ1) is 22.6. The first-order chi connectivity index (χ1) is 14.1. The minimum absolute atomic E-state index is 0.183. The molecule has 5 nitrogen and oxygen atoms in total. The fourth-order valence-corrected chi connectivity index (χ4v) is 3.26. The third-order valence-electron chi connectivity index (χ3n) is 4.62. The van der Waals surface area contributed by atoms with Crippen LogP contribution < -0.4 is 0 Å². The summed E-state index contributed by atoms with van der Waals surface area (Å²) in [5.41, 5.74) is 2.11. The molecule has 0 N–H and O–H groups in total. The Morgan fingerprint density at radius 1 is 0.897 bits per heavy atom. The maximum atomic E-state index is 12.7. The number of esters is 2. The van der Waals surface area contributed by atoms with Crippen LogP contribution in [0.15, 0.2) is 60.7 Å². The lowest BCUT2D eigenvalue weighted by Gasteiger charge is -2.27. The molecule has 0 bridgehead atoms. The molecule has 156 valence electrons. The lowest BCUT2D eigenvalue weighted by Crippen LogP contribution is -2.33. The fourth-order valence-electron chi connectivity index (χ4n) is 3.26. The maximum Gasteiger partial charge on any atom is 0.314 e. The summed E-state index contributed by atoms with van der Waals surface area (Å²) >= 11 is 0. The van der Waals surface area contributed by atoms with Gasteiger partial charge in [0.1, 0.15) is 0 Å². The third-order valence-corrected chi connectivity index (χ3v) is 4.62. The summed E-state index contributed by atoms with van der Waals surface area (Å²) in [6.07, 6.45) is 1.05. The van der Waals surface area contributed by atoms with Crippen molar-refractivity contribution >= 4 is 11.9 Å². The van der Waals surface area contributed by atoms with E-state index in [1.54, 1.807) is 0 Å². The highest BCUT2D eigenvalue weighted by atomic mass is 16.5. The molecule has 0 radical (unpaired) electrons. The molecule has 2 rings (SSSR count). The van der Waals surface area contributed by atoms with Crippen LogP contribution in [0, 0.1) is 0 Å². The van der Waals surface area contributed by atoms with Crippen molar-refractivity contribution in [1.29, 1.82) is 0 Å². The Labute approximate surface area is 173 Å². The SMILES string of the molecule is CCOC(=O)CCCN(Cc1ccccc1)CC(C(=O)OCC)c1ccccc1. The Hall–Kier alpha value is -2.66. The van der Waals surface area contributed by atoms with Crippen molar-refractivity contribution in [3.05, 3.63) is 71.8 Å². The largest absolute Gasteiger partial charge is 0.466 e. The standard InChI is InChI=1S/C24H31NO4/c1-3-28-23(26)16-11-17-25(18-20-12-7-5-8-13-20)19-22(24(27)29-4-2)21-14-9-6-10-15-21/h5-10,12-15,22H,3-4,11,16-19H2,1-2H3. The smallest absolute Gasteiger partial charge is 0.314 e. The van der Waals surface area contributed by atoms with Crippen molar-refractivity contribution in [3.8, 4) is 0 Å². The lowest BCUT2D eigenvalue weighted by atomic mass is 9.98. The second kappa shape index (κ2) is 12.7. The Morgan fingerprint density at radius 2 is 1.52 bits per heavy atom. The van der Waals surface area contributed by atoms with Crippen LogP contribution in [-0.4, -0.2) is 43.1 Å². The Kier molecular flexibility index (Phi) is 9.93. The van der Waals surface area contributed by atoms with Crippen molar-refractivity contribution in [2.75, 3.05) is 26.3 Å². The molecule has 0 saturated heterocycles. The highest BCUT2D eigenvalue weighted by Crippen LogP contribution is 2.21. The second-order valence-corrected chi connectivity index (χ2v) is 6.84. The van der Waals surface area contributed by atoms with Gasteiger partial charge in [-0.2, -0.15) is 0 Å². The van der Waals surface area contributed by atoms with E-state index in [0.717, 1.165) is 5.56 Å². The second-order valence-electron chi connectivity index (χ2n) is 6.84. The molecule has 0 aromatic heterocycles. The van der Waals surface area contributed by atoms with Gasteiger partial charge in [0, 0.05) is 19.5 Å². The number of carbonyl (C=O) groups is 2. The number of rotatable bonds is 12. The van der Waals surface area contributed by atoms with E-state index >= 15 is 0 Å². The van der Waals surface area contributed by atoms with Gasteiger partial charge in [0.2, 0.25) is 0 Å². The number of hydrogen-bond acceptors (Lipinski definition) is 5. The molecule has 0 fully saturated rings. The fraction of sp³-hybridized carbons (Fsp3) is 0.417. The first-order valence-electron chi connectivity index (χ1n) is 10.3. The van der Waals surface area contributed by atoms with Crippen LogP contribution in [0.1, 0.15) is 43.7 Å². The zero-order chi connectivity index (χ0) is 20.9. The van der Waals surface area contributed by atoms with Gasteiger partial charge in [-0.15, -0.1) is 0 Å². The van der Waals surface area contributed by atoms with Gasteiger partial charge in [-0.25, -0.2) is 0 Å². The van der Waals surface area contributed by atoms with Crippen LogP contribution in [0.3, 0.4) is 0 Å². The maximum absolute atomic E-state index is 12.7. The number of ether oxygens (including phenoxy) is 2. The van der Waals surface area contributed by atoms with Gasteiger partial charge in [-0.3, -0.25) is 14.5 Å². The summed E-state index contributed by atoms with van der Waals surface area (Å²) in [7, 11) is 0. The zero-order valence-electron chi connectivity index (χ0n) is 17.4. The molecule has 2 aromatic carbocycles. The number of nitrogens with zero attached hydrogens (tertiary/aromatic N) is 1. The lowest BCUT2D eigenvalue weighted by molar-refractivity contribution is -0.146. The van der Waals surface area contributed by atoms with E-state index in [-0.39, 0.29) is 17.9 Å². The van der Waals surface area contributed by atoms with Crippen molar-refractivity contribution in [1.82, 2.24) is 4.90 Å². The van der Waals surface area contributed by atoms with E-state index in [1.807, 2.05) is 62.4 Å². The van der Waals surface area contributed by atoms with E-state index in [4.69, 9.17) is 9.47 Å². The molecule has 0 aliphatic heterocycles. The van der Waals surface area contributed by atoms with E-state index in [2.05, 4.69) is 17.0 Å². The number of hydrogen-bond donors (Lipinski definition) is 0. The molecule has 1 unspecified atom stereocenters. The third kappa shape index (κ3) is 8.08. The van der Waals surface area contributed by atoms with Crippen molar-refractivity contribution in [2.24, 2.45) is 0 Å². The van der Waals surface area contributed by atoms with Gasteiger partial charge < -0.3 is 9.47 Å². The van der Waals surface area contributed by atoms with Crippen LogP contribution in [0.25, 0.3) is 0 Å². The highest BCUT2D eigenvalue weighted by Gasteiger charge is 2.25. The molecule has 0 aliphatic carbocycles. The van der Waals surface area contributed by atoms with Crippen molar-refractivity contribution < 1.29 is 19.1 Å². The van der Waals surface area contributed by atoms with Crippen LogP contribution in [0.5, 0.6) is 0 Å².